The van der Waals surface area contributed by atoms with Gasteiger partial charge in [0.05, 0.1) is 19.6 Å². The SMILES string of the molecule is COC(=O)[C@H](CCSC)NC(=O)c1ccc(CN(Cc2cc(F)cc(F)c2)c2ccc(CC#N)cc2)cc1-c1ccccc1C. The minimum atomic E-state index is -0.787. The van der Waals surface area contributed by atoms with Gasteiger partial charge in [-0.25, -0.2) is 13.6 Å². The van der Waals surface area contributed by atoms with Crippen molar-refractivity contribution in [2.24, 2.45) is 0 Å². The number of hydrogen-bond acceptors (Lipinski definition) is 6. The molecule has 0 fully saturated rings. The molecule has 0 aliphatic rings. The predicted molar refractivity (Wildman–Crippen MR) is 175 cm³/mol. The first-order valence-corrected chi connectivity index (χ1v) is 15.8. The average molecular weight is 628 g/mol. The second-order valence-electron chi connectivity index (χ2n) is 10.7. The summed E-state index contributed by atoms with van der Waals surface area (Å²) in [4.78, 5) is 28.1. The van der Waals surface area contributed by atoms with Crippen LogP contribution < -0.4 is 10.2 Å². The standard InChI is InChI=1S/C36H35F2N3O3S/c1-24-6-4-5-7-31(24)33-20-26(10-13-32(33)35(42)40-34(15-17-45-3)36(43)44-2)22-41(23-27-18-28(37)21-29(38)19-27)30-11-8-25(9-12-30)14-16-39/h4-13,18-21,34H,14-15,17,22-23H2,1-3H3,(H,40,42)/t34-/m0/s1. The molecule has 0 unspecified atom stereocenters. The van der Waals surface area contributed by atoms with Crippen LogP contribution in [0.2, 0.25) is 0 Å². The first-order valence-electron chi connectivity index (χ1n) is 14.4. The molecule has 232 valence electrons. The molecule has 0 bridgehead atoms. The number of amides is 1. The highest BCUT2D eigenvalue weighted by molar-refractivity contribution is 7.98. The van der Waals surface area contributed by atoms with Crippen LogP contribution in [0.5, 0.6) is 0 Å². The van der Waals surface area contributed by atoms with Crippen LogP contribution in [0.4, 0.5) is 14.5 Å². The van der Waals surface area contributed by atoms with E-state index in [4.69, 9.17) is 10.00 Å². The molecular weight excluding hydrogens is 592 g/mol. The number of benzene rings is 4. The summed E-state index contributed by atoms with van der Waals surface area (Å²) in [7, 11) is 1.30. The molecular formula is C36H35F2N3O3S. The van der Waals surface area contributed by atoms with Crippen molar-refractivity contribution in [1.29, 1.82) is 5.26 Å². The Labute approximate surface area is 267 Å². The number of halogens is 2. The molecule has 4 rings (SSSR count). The van der Waals surface area contributed by atoms with Gasteiger partial charge >= 0.3 is 5.97 Å². The average Bonchev–Trinajstić information content (AvgIpc) is 3.02. The highest BCUT2D eigenvalue weighted by atomic mass is 32.2. The second kappa shape index (κ2) is 15.9. The minimum absolute atomic E-state index is 0.213. The molecule has 45 heavy (non-hydrogen) atoms. The highest BCUT2D eigenvalue weighted by Gasteiger charge is 2.24. The minimum Gasteiger partial charge on any atom is -0.467 e. The number of rotatable bonds is 13. The Morgan fingerprint density at radius 3 is 2.22 bits per heavy atom. The summed E-state index contributed by atoms with van der Waals surface area (Å²) in [6, 6.07) is 25.6. The first-order chi connectivity index (χ1) is 21.7. The molecule has 0 aromatic heterocycles. The molecule has 0 radical (unpaired) electrons. The summed E-state index contributed by atoms with van der Waals surface area (Å²) in [5.41, 5.74) is 5.91. The van der Waals surface area contributed by atoms with Crippen molar-refractivity contribution in [1.82, 2.24) is 5.32 Å². The normalized spacial score (nSPS) is 11.4. The van der Waals surface area contributed by atoms with E-state index in [1.54, 1.807) is 17.8 Å². The lowest BCUT2D eigenvalue weighted by atomic mass is 9.93. The number of ether oxygens (including phenoxy) is 1. The summed E-state index contributed by atoms with van der Waals surface area (Å²) >= 11 is 1.57. The fourth-order valence-electron chi connectivity index (χ4n) is 5.15. The van der Waals surface area contributed by atoms with Gasteiger partial charge in [0.25, 0.3) is 5.91 Å². The van der Waals surface area contributed by atoms with E-state index in [1.165, 1.54) is 19.2 Å². The number of carbonyl (C=O) groups is 2. The summed E-state index contributed by atoms with van der Waals surface area (Å²) in [5, 5.41) is 11.9. The molecule has 0 aliphatic carbocycles. The number of methoxy groups -OCH3 is 1. The van der Waals surface area contributed by atoms with Crippen LogP contribution in [0.1, 0.15) is 39.0 Å². The molecule has 4 aromatic rings. The third-order valence-corrected chi connectivity index (χ3v) is 8.06. The van der Waals surface area contributed by atoms with Crippen LogP contribution in [0, 0.1) is 29.9 Å². The number of hydrogen-bond donors (Lipinski definition) is 1. The topological polar surface area (TPSA) is 82.4 Å². The van der Waals surface area contributed by atoms with Gasteiger partial charge in [-0.3, -0.25) is 4.79 Å². The quantitative estimate of drug-likeness (QED) is 0.158. The Hall–Kier alpha value is -4.68. The van der Waals surface area contributed by atoms with Gasteiger partial charge in [0, 0.05) is 30.4 Å². The summed E-state index contributed by atoms with van der Waals surface area (Å²) in [5.74, 6) is -1.54. The van der Waals surface area contributed by atoms with Gasteiger partial charge in [-0.1, -0.05) is 42.5 Å². The van der Waals surface area contributed by atoms with Crippen molar-refractivity contribution in [3.05, 3.63) is 124 Å². The van der Waals surface area contributed by atoms with Crippen LogP contribution in [0.15, 0.2) is 84.9 Å². The zero-order chi connectivity index (χ0) is 32.3. The van der Waals surface area contributed by atoms with Gasteiger partial charge in [-0.2, -0.15) is 17.0 Å². The Morgan fingerprint density at radius 1 is 0.911 bits per heavy atom. The summed E-state index contributed by atoms with van der Waals surface area (Å²) in [6.07, 6.45) is 2.63. The molecule has 9 heteroatoms. The highest BCUT2D eigenvalue weighted by Crippen LogP contribution is 2.30. The van der Waals surface area contributed by atoms with E-state index in [1.807, 2.05) is 78.7 Å². The van der Waals surface area contributed by atoms with Gasteiger partial charge in [-0.05, 0) is 95.1 Å². The smallest absolute Gasteiger partial charge is 0.328 e. The van der Waals surface area contributed by atoms with Crippen molar-refractivity contribution < 1.29 is 23.1 Å². The van der Waals surface area contributed by atoms with E-state index < -0.39 is 29.6 Å². The Balaban J connectivity index is 1.74. The van der Waals surface area contributed by atoms with E-state index in [0.29, 0.717) is 35.4 Å². The number of carbonyl (C=O) groups excluding carboxylic acids is 2. The Morgan fingerprint density at radius 2 is 1.58 bits per heavy atom. The number of anilines is 1. The van der Waals surface area contributed by atoms with Crippen LogP contribution in [0.25, 0.3) is 11.1 Å². The lowest BCUT2D eigenvalue weighted by Gasteiger charge is -2.26. The third-order valence-electron chi connectivity index (χ3n) is 7.42. The van der Waals surface area contributed by atoms with Crippen molar-refractivity contribution in [2.75, 3.05) is 24.0 Å². The maximum Gasteiger partial charge on any atom is 0.328 e. The van der Waals surface area contributed by atoms with E-state index in [0.717, 1.165) is 34.0 Å². The van der Waals surface area contributed by atoms with Crippen LogP contribution in [-0.2, 0) is 29.0 Å². The number of esters is 1. The molecule has 0 saturated heterocycles. The van der Waals surface area contributed by atoms with Crippen LogP contribution in [0.3, 0.4) is 0 Å². The van der Waals surface area contributed by atoms with Crippen molar-refractivity contribution in [3.8, 4) is 17.2 Å². The second-order valence-corrected chi connectivity index (χ2v) is 11.6. The van der Waals surface area contributed by atoms with E-state index in [2.05, 4.69) is 11.4 Å². The van der Waals surface area contributed by atoms with Crippen molar-refractivity contribution >= 4 is 29.3 Å². The van der Waals surface area contributed by atoms with E-state index >= 15 is 0 Å². The molecule has 4 aromatic carbocycles. The molecule has 1 atom stereocenters. The van der Waals surface area contributed by atoms with Crippen molar-refractivity contribution in [2.45, 2.75) is 38.9 Å². The van der Waals surface area contributed by atoms with Gasteiger partial charge in [0.1, 0.15) is 17.7 Å². The number of nitrogens with one attached hydrogen (secondary N) is 1. The number of nitrogens with zero attached hydrogens (tertiary/aromatic N) is 2. The largest absolute Gasteiger partial charge is 0.467 e. The summed E-state index contributed by atoms with van der Waals surface area (Å²) in [6.45, 7) is 2.53. The molecule has 1 amide bonds. The molecule has 0 spiro atoms. The maximum atomic E-state index is 14.1. The zero-order valence-electron chi connectivity index (χ0n) is 25.5. The third kappa shape index (κ3) is 8.93. The predicted octanol–water partition coefficient (Wildman–Crippen LogP) is 7.24. The molecule has 6 nitrogen and oxygen atoms in total. The summed E-state index contributed by atoms with van der Waals surface area (Å²) < 4.78 is 33.2. The van der Waals surface area contributed by atoms with Crippen molar-refractivity contribution in [3.63, 3.8) is 0 Å². The van der Waals surface area contributed by atoms with Gasteiger partial charge < -0.3 is 15.0 Å². The fourth-order valence-corrected chi connectivity index (χ4v) is 5.62. The van der Waals surface area contributed by atoms with Gasteiger partial charge in [-0.15, -0.1) is 0 Å². The first kappa shape index (κ1) is 33.2. The van der Waals surface area contributed by atoms with Gasteiger partial charge in [0.15, 0.2) is 0 Å². The van der Waals surface area contributed by atoms with Gasteiger partial charge in [0.2, 0.25) is 0 Å². The number of aryl methyl sites for hydroxylation is 1. The van der Waals surface area contributed by atoms with Crippen LogP contribution in [-0.4, -0.2) is 37.0 Å². The lowest BCUT2D eigenvalue weighted by molar-refractivity contribution is -0.142. The Bertz CT molecular complexity index is 1670. The van der Waals surface area contributed by atoms with E-state index in [-0.39, 0.29) is 13.0 Å². The molecule has 0 heterocycles. The molecule has 1 N–H and O–H groups in total. The monoisotopic (exact) mass is 627 g/mol. The fraction of sp³-hybridized carbons (Fsp3) is 0.250. The van der Waals surface area contributed by atoms with E-state index in [9.17, 15) is 18.4 Å². The molecule has 0 aliphatic heterocycles. The lowest BCUT2D eigenvalue weighted by Crippen LogP contribution is -2.42. The van der Waals surface area contributed by atoms with Crippen LogP contribution >= 0.6 is 11.8 Å². The number of nitriles is 1. The maximum absolute atomic E-state index is 14.1. The zero-order valence-corrected chi connectivity index (χ0v) is 26.3. The number of thioether (sulfide) groups is 1. The molecule has 0 saturated carbocycles. The Kier molecular flexibility index (Phi) is 11.7.